The molecule has 0 aliphatic carbocycles. The average Bonchev–Trinajstić information content (AvgIpc) is 3.18. The molecule has 0 spiro atoms. The van der Waals surface area contributed by atoms with Crippen LogP contribution in [0.5, 0.6) is 0 Å². The molecule has 0 aliphatic heterocycles. The lowest BCUT2D eigenvalue weighted by Crippen LogP contribution is -2.13. The quantitative estimate of drug-likeness (QED) is 0.726. The van der Waals surface area contributed by atoms with E-state index < -0.39 is 0 Å². The lowest BCUT2D eigenvalue weighted by molar-refractivity contribution is 0.102. The Labute approximate surface area is 130 Å². The number of anilines is 1. The molecule has 6 heteroatoms. The lowest BCUT2D eigenvalue weighted by atomic mass is 10.2. The summed E-state index contributed by atoms with van der Waals surface area (Å²) in [5.41, 5.74) is 1.04. The number of benzene rings is 1. The molecular weight excluding hydrogens is 304 g/mol. The molecular formula is C15H12N2O2S2. The van der Waals surface area contributed by atoms with Gasteiger partial charge in [-0.05, 0) is 35.9 Å². The maximum atomic E-state index is 12.4. The van der Waals surface area contributed by atoms with Crippen molar-refractivity contribution in [3.63, 3.8) is 0 Å². The first kappa shape index (κ1) is 13.9. The first-order valence-electron chi connectivity index (χ1n) is 6.20. The molecule has 0 saturated heterocycles. The van der Waals surface area contributed by atoms with Crippen molar-refractivity contribution < 1.29 is 9.21 Å². The van der Waals surface area contributed by atoms with E-state index in [0.717, 1.165) is 15.5 Å². The Morgan fingerprint density at radius 3 is 3.00 bits per heavy atom. The molecule has 2 aromatic heterocycles. The number of amides is 1. The number of oxazole rings is 1. The normalized spacial score (nSPS) is 10.5. The van der Waals surface area contributed by atoms with Crippen molar-refractivity contribution in [2.75, 3.05) is 11.6 Å². The Kier molecular flexibility index (Phi) is 4.08. The average molecular weight is 316 g/mol. The van der Waals surface area contributed by atoms with Crippen molar-refractivity contribution in [3.8, 4) is 10.6 Å². The van der Waals surface area contributed by atoms with Crippen LogP contribution in [0.15, 0.2) is 57.5 Å². The van der Waals surface area contributed by atoms with Crippen LogP contribution in [0.4, 0.5) is 5.69 Å². The second-order valence-electron chi connectivity index (χ2n) is 4.19. The Morgan fingerprint density at radius 2 is 2.24 bits per heavy atom. The maximum absolute atomic E-state index is 12.4. The minimum absolute atomic E-state index is 0.273. The van der Waals surface area contributed by atoms with Gasteiger partial charge in [-0.25, -0.2) is 4.98 Å². The predicted molar refractivity (Wildman–Crippen MR) is 86.0 cm³/mol. The van der Waals surface area contributed by atoms with Gasteiger partial charge in [0.1, 0.15) is 0 Å². The van der Waals surface area contributed by atoms with Crippen LogP contribution >= 0.6 is 23.1 Å². The lowest BCUT2D eigenvalue weighted by Gasteiger charge is -2.05. The zero-order valence-corrected chi connectivity index (χ0v) is 12.8. The van der Waals surface area contributed by atoms with E-state index in [2.05, 4.69) is 10.3 Å². The Morgan fingerprint density at radius 1 is 1.33 bits per heavy atom. The fourth-order valence-electron chi connectivity index (χ4n) is 1.88. The number of rotatable bonds is 4. The summed E-state index contributed by atoms with van der Waals surface area (Å²) in [6, 6.07) is 11.5. The zero-order valence-electron chi connectivity index (χ0n) is 11.2. The molecule has 2 heterocycles. The van der Waals surface area contributed by atoms with E-state index in [4.69, 9.17) is 4.42 Å². The molecule has 0 bridgehead atoms. The summed E-state index contributed by atoms with van der Waals surface area (Å²) >= 11 is 3.13. The Hall–Kier alpha value is -2.05. The van der Waals surface area contributed by atoms with E-state index in [9.17, 15) is 4.79 Å². The van der Waals surface area contributed by atoms with E-state index in [1.54, 1.807) is 11.8 Å². The molecule has 1 amide bonds. The highest BCUT2D eigenvalue weighted by atomic mass is 32.2. The summed E-state index contributed by atoms with van der Waals surface area (Å²) in [6.07, 6.45) is 3.29. The van der Waals surface area contributed by atoms with E-state index in [0.29, 0.717) is 11.5 Å². The number of aromatic nitrogens is 1. The third-order valence-electron chi connectivity index (χ3n) is 2.86. The highest BCUT2D eigenvalue weighted by molar-refractivity contribution is 7.98. The third kappa shape index (κ3) is 3.01. The summed E-state index contributed by atoms with van der Waals surface area (Å²) in [5, 5.41) is 4.78. The molecule has 106 valence electrons. The topological polar surface area (TPSA) is 55.1 Å². The number of carbonyl (C=O) groups excluding carboxylic acids is 1. The van der Waals surface area contributed by atoms with Crippen LogP contribution in [-0.2, 0) is 0 Å². The van der Waals surface area contributed by atoms with Crippen molar-refractivity contribution in [2.45, 2.75) is 4.90 Å². The third-order valence-corrected chi connectivity index (χ3v) is 4.45. The van der Waals surface area contributed by atoms with Crippen LogP contribution in [0, 0.1) is 0 Å². The van der Waals surface area contributed by atoms with Crippen LogP contribution in [0.1, 0.15) is 10.5 Å². The van der Waals surface area contributed by atoms with E-state index >= 15 is 0 Å². The van der Waals surface area contributed by atoms with Crippen LogP contribution in [-0.4, -0.2) is 17.1 Å². The molecule has 1 aromatic carbocycles. The first-order valence-corrected chi connectivity index (χ1v) is 8.31. The monoisotopic (exact) mass is 316 g/mol. The first-order chi connectivity index (χ1) is 10.3. The fraction of sp³-hybridized carbons (Fsp3) is 0.0667. The van der Waals surface area contributed by atoms with Gasteiger partial charge in [0, 0.05) is 10.6 Å². The molecule has 4 nitrogen and oxygen atoms in total. The number of thioether (sulfide) groups is 1. The molecule has 0 unspecified atom stereocenters. The summed E-state index contributed by atoms with van der Waals surface area (Å²) in [6.45, 7) is 0. The van der Waals surface area contributed by atoms with E-state index in [-0.39, 0.29) is 5.91 Å². The van der Waals surface area contributed by atoms with Gasteiger partial charge in [-0.3, -0.25) is 4.79 Å². The van der Waals surface area contributed by atoms with E-state index in [1.807, 2.05) is 48.0 Å². The molecule has 3 rings (SSSR count). The molecule has 3 aromatic rings. The standard InChI is InChI=1S/C15H12N2O2S2/c1-20-11-5-2-4-10(8-11)17-15(18)13-14(19-9-16-13)12-6-3-7-21-12/h2-9H,1H3,(H,17,18). The minimum atomic E-state index is -0.273. The summed E-state index contributed by atoms with van der Waals surface area (Å²) in [5.74, 6) is 0.230. The van der Waals surface area contributed by atoms with Gasteiger partial charge in [0.15, 0.2) is 17.8 Å². The second-order valence-corrected chi connectivity index (χ2v) is 6.02. The van der Waals surface area contributed by atoms with Crippen LogP contribution in [0.2, 0.25) is 0 Å². The van der Waals surface area contributed by atoms with Gasteiger partial charge in [0.2, 0.25) is 0 Å². The van der Waals surface area contributed by atoms with Gasteiger partial charge < -0.3 is 9.73 Å². The van der Waals surface area contributed by atoms with Gasteiger partial charge in [-0.1, -0.05) is 12.1 Å². The molecule has 1 N–H and O–H groups in total. The fourth-order valence-corrected chi connectivity index (χ4v) is 3.05. The molecule has 0 saturated carbocycles. The van der Waals surface area contributed by atoms with Crippen molar-refractivity contribution in [3.05, 3.63) is 53.9 Å². The number of thiophene rings is 1. The number of nitrogens with zero attached hydrogens (tertiary/aromatic N) is 1. The highest BCUT2D eigenvalue weighted by Crippen LogP contribution is 2.28. The van der Waals surface area contributed by atoms with Crippen molar-refractivity contribution in [1.29, 1.82) is 0 Å². The highest BCUT2D eigenvalue weighted by Gasteiger charge is 2.19. The summed E-state index contributed by atoms with van der Waals surface area (Å²) < 4.78 is 5.35. The predicted octanol–water partition coefficient (Wildman–Crippen LogP) is 4.38. The van der Waals surface area contributed by atoms with Crippen LogP contribution < -0.4 is 5.32 Å². The van der Waals surface area contributed by atoms with Crippen molar-refractivity contribution in [1.82, 2.24) is 4.98 Å². The Bertz CT molecular complexity index is 751. The van der Waals surface area contributed by atoms with Crippen molar-refractivity contribution >= 4 is 34.7 Å². The van der Waals surface area contributed by atoms with Crippen LogP contribution in [0.25, 0.3) is 10.6 Å². The largest absolute Gasteiger partial charge is 0.442 e. The molecule has 0 atom stereocenters. The van der Waals surface area contributed by atoms with Gasteiger partial charge in [-0.15, -0.1) is 23.1 Å². The molecule has 0 radical (unpaired) electrons. The molecule has 0 aliphatic rings. The number of hydrogen-bond acceptors (Lipinski definition) is 5. The van der Waals surface area contributed by atoms with Crippen molar-refractivity contribution in [2.24, 2.45) is 0 Å². The number of nitrogens with one attached hydrogen (secondary N) is 1. The Balaban J connectivity index is 1.85. The van der Waals surface area contributed by atoms with Gasteiger partial charge in [-0.2, -0.15) is 0 Å². The smallest absolute Gasteiger partial charge is 0.278 e. The number of hydrogen-bond donors (Lipinski definition) is 1. The molecule has 0 fully saturated rings. The van der Waals surface area contributed by atoms with Crippen LogP contribution in [0.3, 0.4) is 0 Å². The molecule has 21 heavy (non-hydrogen) atoms. The maximum Gasteiger partial charge on any atom is 0.278 e. The zero-order chi connectivity index (χ0) is 14.7. The SMILES string of the molecule is CSc1cccc(NC(=O)c2ncoc2-c2cccs2)c1. The van der Waals surface area contributed by atoms with E-state index in [1.165, 1.54) is 17.7 Å². The summed E-state index contributed by atoms with van der Waals surface area (Å²) in [4.78, 5) is 18.4. The van der Waals surface area contributed by atoms with Gasteiger partial charge in [0.25, 0.3) is 5.91 Å². The minimum Gasteiger partial charge on any atom is -0.442 e. The van der Waals surface area contributed by atoms with Gasteiger partial charge in [0.05, 0.1) is 4.88 Å². The second kappa shape index (κ2) is 6.15. The number of carbonyl (C=O) groups is 1. The summed E-state index contributed by atoms with van der Waals surface area (Å²) in [7, 11) is 0. The van der Waals surface area contributed by atoms with Gasteiger partial charge >= 0.3 is 0 Å².